The summed E-state index contributed by atoms with van der Waals surface area (Å²) in [5.74, 6) is -1.54. The number of aliphatic hydroxyl groups excluding tert-OH is 1. The zero-order valence-electron chi connectivity index (χ0n) is 9.06. The van der Waals surface area contributed by atoms with E-state index in [4.69, 9.17) is 10.2 Å². The first-order valence-corrected chi connectivity index (χ1v) is 5.26. The number of carboxylic acid groups (broad SMARTS) is 1. The Labute approximate surface area is 96.9 Å². The van der Waals surface area contributed by atoms with Gasteiger partial charge in [-0.2, -0.15) is 0 Å². The van der Waals surface area contributed by atoms with Crippen LogP contribution >= 0.6 is 0 Å². The van der Waals surface area contributed by atoms with E-state index in [1.165, 1.54) is 18.3 Å². The van der Waals surface area contributed by atoms with Gasteiger partial charge in [-0.25, -0.2) is 9.18 Å². The van der Waals surface area contributed by atoms with Crippen LogP contribution in [0.1, 0.15) is 16.8 Å². The molecule has 0 aliphatic carbocycles. The van der Waals surface area contributed by atoms with E-state index in [1.54, 1.807) is 10.6 Å². The molecule has 1 aromatic carbocycles. The molecular formula is C12H12FNO3. The van der Waals surface area contributed by atoms with Crippen LogP contribution in [-0.4, -0.2) is 27.4 Å². The van der Waals surface area contributed by atoms with Gasteiger partial charge >= 0.3 is 5.97 Å². The topological polar surface area (TPSA) is 62.5 Å². The molecule has 0 unspecified atom stereocenters. The van der Waals surface area contributed by atoms with E-state index in [0.717, 1.165) is 0 Å². The largest absolute Gasteiger partial charge is 0.478 e. The van der Waals surface area contributed by atoms with E-state index in [0.29, 0.717) is 23.9 Å². The first kappa shape index (κ1) is 11.6. The predicted molar refractivity (Wildman–Crippen MR) is 60.6 cm³/mol. The highest BCUT2D eigenvalue weighted by molar-refractivity contribution is 6.03. The molecule has 4 nitrogen and oxygen atoms in total. The molecule has 1 aromatic heterocycles. The van der Waals surface area contributed by atoms with Gasteiger partial charge < -0.3 is 14.8 Å². The summed E-state index contributed by atoms with van der Waals surface area (Å²) in [6.07, 6.45) is 2.00. The smallest absolute Gasteiger partial charge is 0.337 e. The summed E-state index contributed by atoms with van der Waals surface area (Å²) in [4.78, 5) is 11.0. The van der Waals surface area contributed by atoms with E-state index in [1.807, 2.05) is 0 Å². The maximum atomic E-state index is 13.1. The van der Waals surface area contributed by atoms with Crippen molar-refractivity contribution >= 4 is 16.9 Å². The Morgan fingerprint density at radius 1 is 1.41 bits per heavy atom. The highest BCUT2D eigenvalue weighted by Gasteiger charge is 2.14. The molecule has 5 heteroatoms. The van der Waals surface area contributed by atoms with Crippen molar-refractivity contribution in [2.24, 2.45) is 0 Å². The van der Waals surface area contributed by atoms with Crippen LogP contribution in [0, 0.1) is 5.82 Å². The number of carboxylic acids is 1. The van der Waals surface area contributed by atoms with Gasteiger partial charge in [0.15, 0.2) is 0 Å². The molecule has 0 atom stereocenters. The van der Waals surface area contributed by atoms with Crippen molar-refractivity contribution in [3.05, 3.63) is 35.8 Å². The highest BCUT2D eigenvalue weighted by atomic mass is 19.1. The molecule has 0 amide bonds. The number of hydrogen-bond donors (Lipinski definition) is 2. The zero-order valence-corrected chi connectivity index (χ0v) is 9.06. The Morgan fingerprint density at radius 2 is 2.18 bits per heavy atom. The number of nitrogens with zero attached hydrogens (tertiary/aromatic N) is 1. The molecule has 0 aliphatic rings. The van der Waals surface area contributed by atoms with Gasteiger partial charge in [-0.05, 0) is 24.6 Å². The van der Waals surface area contributed by atoms with Gasteiger partial charge in [0.2, 0.25) is 0 Å². The van der Waals surface area contributed by atoms with E-state index in [-0.39, 0.29) is 12.2 Å². The van der Waals surface area contributed by atoms with Crippen LogP contribution in [0.2, 0.25) is 0 Å². The molecule has 17 heavy (non-hydrogen) atoms. The summed E-state index contributed by atoms with van der Waals surface area (Å²) in [6, 6.07) is 4.06. The standard InChI is InChI=1S/C12H12FNO3/c13-8-2-3-11-9(6-8)10(12(16)17)7-14(11)4-1-5-15/h2-3,6-7,15H,1,4-5H2,(H,16,17). The maximum absolute atomic E-state index is 13.1. The number of hydrogen-bond acceptors (Lipinski definition) is 2. The number of benzene rings is 1. The fourth-order valence-corrected chi connectivity index (χ4v) is 1.87. The van der Waals surface area contributed by atoms with Crippen molar-refractivity contribution < 1.29 is 19.4 Å². The van der Waals surface area contributed by atoms with Crippen molar-refractivity contribution in [3.8, 4) is 0 Å². The van der Waals surface area contributed by atoms with Crippen LogP contribution in [0.25, 0.3) is 10.9 Å². The molecule has 2 rings (SSSR count). The van der Waals surface area contributed by atoms with Gasteiger partial charge in [0.25, 0.3) is 0 Å². The van der Waals surface area contributed by atoms with Gasteiger partial charge in [-0.15, -0.1) is 0 Å². The number of aryl methyl sites for hydroxylation is 1. The minimum absolute atomic E-state index is 0.0310. The molecule has 2 N–H and O–H groups in total. The average Bonchev–Trinajstić information content (AvgIpc) is 2.64. The van der Waals surface area contributed by atoms with E-state index < -0.39 is 11.8 Å². The van der Waals surface area contributed by atoms with Crippen molar-refractivity contribution in [2.75, 3.05) is 6.61 Å². The summed E-state index contributed by atoms with van der Waals surface area (Å²) in [7, 11) is 0. The Bertz CT molecular complexity index is 562. The molecule has 1 heterocycles. The molecule has 0 bridgehead atoms. The number of rotatable bonds is 4. The van der Waals surface area contributed by atoms with Crippen LogP contribution in [0.3, 0.4) is 0 Å². The number of aromatic nitrogens is 1. The first-order chi connectivity index (χ1) is 8.13. The van der Waals surface area contributed by atoms with Gasteiger partial charge in [0.05, 0.1) is 5.56 Å². The molecule has 0 saturated heterocycles. The summed E-state index contributed by atoms with van der Waals surface area (Å²) in [5.41, 5.74) is 0.745. The third-order valence-corrected chi connectivity index (χ3v) is 2.63. The molecule has 0 radical (unpaired) electrons. The Kier molecular flexibility index (Phi) is 3.10. The summed E-state index contributed by atoms with van der Waals surface area (Å²) in [5, 5.41) is 18.2. The lowest BCUT2D eigenvalue weighted by atomic mass is 10.2. The molecule has 2 aromatic rings. The third kappa shape index (κ3) is 2.14. The first-order valence-electron chi connectivity index (χ1n) is 5.26. The van der Waals surface area contributed by atoms with E-state index >= 15 is 0 Å². The molecule has 0 fully saturated rings. The summed E-state index contributed by atoms with van der Waals surface area (Å²) in [6.45, 7) is 0.537. The molecule has 0 spiro atoms. The van der Waals surface area contributed by atoms with Crippen LogP contribution in [0.5, 0.6) is 0 Å². The summed E-state index contributed by atoms with van der Waals surface area (Å²) >= 11 is 0. The van der Waals surface area contributed by atoms with Crippen molar-refractivity contribution in [1.29, 1.82) is 0 Å². The third-order valence-electron chi connectivity index (χ3n) is 2.63. The van der Waals surface area contributed by atoms with Gasteiger partial charge in [-0.3, -0.25) is 0 Å². The minimum Gasteiger partial charge on any atom is -0.478 e. The second kappa shape index (κ2) is 4.55. The minimum atomic E-state index is -1.08. The van der Waals surface area contributed by atoms with Gasteiger partial charge in [0.1, 0.15) is 5.82 Å². The van der Waals surface area contributed by atoms with E-state index in [2.05, 4.69) is 0 Å². The van der Waals surface area contributed by atoms with Gasteiger partial charge in [-0.1, -0.05) is 0 Å². The fourth-order valence-electron chi connectivity index (χ4n) is 1.87. The number of aromatic carboxylic acids is 1. The summed E-state index contributed by atoms with van der Waals surface area (Å²) < 4.78 is 14.8. The number of carbonyl (C=O) groups is 1. The lowest BCUT2D eigenvalue weighted by molar-refractivity contribution is 0.0699. The number of aliphatic hydroxyl groups is 1. The zero-order chi connectivity index (χ0) is 12.4. The van der Waals surface area contributed by atoms with Crippen LogP contribution in [0.15, 0.2) is 24.4 Å². The van der Waals surface area contributed by atoms with Crippen molar-refractivity contribution in [1.82, 2.24) is 4.57 Å². The Balaban J connectivity index is 2.58. The average molecular weight is 237 g/mol. The molecule has 90 valence electrons. The highest BCUT2D eigenvalue weighted by Crippen LogP contribution is 2.22. The van der Waals surface area contributed by atoms with Crippen molar-refractivity contribution in [2.45, 2.75) is 13.0 Å². The van der Waals surface area contributed by atoms with Gasteiger partial charge in [0, 0.05) is 30.3 Å². The Hall–Kier alpha value is -1.88. The maximum Gasteiger partial charge on any atom is 0.337 e. The molecule has 0 aliphatic heterocycles. The van der Waals surface area contributed by atoms with Crippen LogP contribution in [-0.2, 0) is 6.54 Å². The lowest BCUT2D eigenvalue weighted by Crippen LogP contribution is -1.99. The normalized spacial score (nSPS) is 10.9. The fraction of sp³-hybridized carbons (Fsp3) is 0.250. The quantitative estimate of drug-likeness (QED) is 0.853. The SMILES string of the molecule is O=C(O)c1cn(CCCO)c2ccc(F)cc12. The monoisotopic (exact) mass is 237 g/mol. The second-order valence-electron chi connectivity index (χ2n) is 3.78. The second-order valence-corrected chi connectivity index (χ2v) is 3.78. The van der Waals surface area contributed by atoms with Crippen molar-refractivity contribution in [3.63, 3.8) is 0 Å². The number of halogens is 1. The molecular weight excluding hydrogens is 225 g/mol. The lowest BCUT2D eigenvalue weighted by Gasteiger charge is -2.02. The molecule has 0 saturated carbocycles. The predicted octanol–water partition coefficient (Wildman–Crippen LogP) is 1.86. The van der Waals surface area contributed by atoms with E-state index in [9.17, 15) is 9.18 Å². The number of fused-ring (bicyclic) bond motifs is 1. The van der Waals surface area contributed by atoms with Crippen LogP contribution in [0.4, 0.5) is 4.39 Å². The Morgan fingerprint density at radius 3 is 2.82 bits per heavy atom. The van der Waals surface area contributed by atoms with Crippen LogP contribution < -0.4 is 0 Å².